The molecule has 0 bridgehead atoms. The van der Waals surface area contributed by atoms with Crippen molar-refractivity contribution in [3.05, 3.63) is 66.2 Å². The first-order valence-corrected chi connectivity index (χ1v) is 20.4. The van der Waals surface area contributed by atoms with Gasteiger partial charge in [0.05, 0.1) is 52.0 Å². The third kappa shape index (κ3) is 7.66. The molecule has 4 aliphatic heterocycles. The van der Waals surface area contributed by atoms with E-state index in [4.69, 9.17) is 9.72 Å². The Hall–Kier alpha value is -5.50. The van der Waals surface area contributed by atoms with Crippen LogP contribution in [-0.2, 0) is 14.3 Å². The molecule has 1 atom stereocenters. The number of carbonyl (C=O) groups is 2. The van der Waals surface area contributed by atoms with Gasteiger partial charge in [-0.25, -0.2) is 4.52 Å². The highest BCUT2D eigenvalue weighted by Crippen LogP contribution is 2.37. The number of imide groups is 1. The van der Waals surface area contributed by atoms with Crippen molar-refractivity contribution in [2.45, 2.75) is 50.5 Å². The molecule has 0 aliphatic carbocycles. The summed E-state index contributed by atoms with van der Waals surface area (Å²) in [6.45, 7) is 8.23. The van der Waals surface area contributed by atoms with Crippen molar-refractivity contribution < 1.29 is 14.3 Å². The topological polar surface area (TPSA) is 170 Å². The molecule has 9 heterocycles. The van der Waals surface area contributed by atoms with Gasteiger partial charge >= 0.3 is 0 Å². The smallest absolute Gasteiger partial charge is 0.234 e. The number of piperidine rings is 2. The predicted molar refractivity (Wildman–Crippen MR) is 212 cm³/mol. The second-order valence-electron chi connectivity index (χ2n) is 15.1. The highest BCUT2D eigenvalue weighted by Gasteiger charge is 2.30. The van der Waals surface area contributed by atoms with Gasteiger partial charge in [-0.15, -0.1) is 10.2 Å². The highest BCUT2D eigenvalue weighted by atomic mass is 32.1. The van der Waals surface area contributed by atoms with Gasteiger partial charge in [0, 0.05) is 89.6 Å². The lowest BCUT2D eigenvalue weighted by Gasteiger charge is -2.39. The van der Waals surface area contributed by atoms with Gasteiger partial charge in [0.25, 0.3) is 0 Å². The maximum Gasteiger partial charge on any atom is 0.234 e. The lowest BCUT2D eigenvalue weighted by Crippen LogP contribution is -2.49. The number of nitrogens with one attached hydrogen (secondary N) is 2. The van der Waals surface area contributed by atoms with Crippen molar-refractivity contribution in [3.63, 3.8) is 0 Å². The first-order valence-electron chi connectivity index (χ1n) is 19.5. The highest BCUT2D eigenvalue weighted by molar-refractivity contribution is 7.18. The normalized spacial score (nSPS) is 20.3. The number of amides is 2. The van der Waals surface area contributed by atoms with Crippen LogP contribution in [-0.4, -0.2) is 112 Å². The quantitative estimate of drug-likeness (QED) is 0.203. The number of pyridine rings is 2. The van der Waals surface area contributed by atoms with Gasteiger partial charge in [-0.3, -0.25) is 29.8 Å². The van der Waals surface area contributed by atoms with Crippen LogP contribution in [0.2, 0.25) is 0 Å². The molecular formula is C40H44N12O3S. The van der Waals surface area contributed by atoms with Gasteiger partial charge in [-0.1, -0.05) is 11.3 Å². The summed E-state index contributed by atoms with van der Waals surface area (Å²) in [7, 11) is 0. The summed E-state index contributed by atoms with van der Waals surface area (Å²) < 4.78 is 7.45. The Bertz CT molecular complexity index is 2260. The number of nitrogens with zero attached hydrogens (tertiary/aromatic N) is 10. The van der Waals surface area contributed by atoms with Gasteiger partial charge in [-0.2, -0.15) is 10.4 Å². The van der Waals surface area contributed by atoms with Crippen molar-refractivity contribution in [3.8, 4) is 28.0 Å². The Morgan fingerprint density at radius 3 is 2.55 bits per heavy atom. The second-order valence-corrected chi connectivity index (χ2v) is 16.1. The molecule has 288 valence electrons. The van der Waals surface area contributed by atoms with Gasteiger partial charge in [-0.05, 0) is 73.9 Å². The fourth-order valence-corrected chi connectivity index (χ4v) is 9.25. The molecule has 2 N–H and O–H groups in total. The van der Waals surface area contributed by atoms with E-state index in [2.05, 4.69) is 63.8 Å². The first kappa shape index (κ1) is 36.2. The Kier molecular flexibility index (Phi) is 10.3. The second kappa shape index (κ2) is 15.9. The molecular weight excluding hydrogens is 729 g/mol. The lowest BCUT2D eigenvalue weighted by atomic mass is 9.91. The first-order chi connectivity index (χ1) is 27.5. The molecule has 16 heteroatoms. The number of nitriles is 1. The fourth-order valence-electron chi connectivity index (χ4n) is 8.33. The average Bonchev–Trinajstić information content (AvgIpc) is 3.90. The van der Waals surface area contributed by atoms with Gasteiger partial charge in [0.2, 0.25) is 16.9 Å². The van der Waals surface area contributed by atoms with E-state index in [9.17, 15) is 14.9 Å². The summed E-state index contributed by atoms with van der Waals surface area (Å²) in [4.78, 5) is 40.7. The zero-order chi connectivity index (χ0) is 38.0. The predicted octanol–water partition coefficient (Wildman–Crippen LogP) is 4.33. The molecule has 0 spiro atoms. The van der Waals surface area contributed by atoms with Crippen LogP contribution in [0, 0.1) is 17.2 Å². The Balaban J connectivity index is 0.821. The number of ether oxygens (including phenoxy) is 1. The van der Waals surface area contributed by atoms with Crippen LogP contribution in [0.4, 0.5) is 16.5 Å². The number of piperazine rings is 1. The van der Waals surface area contributed by atoms with E-state index >= 15 is 0 Å². The van der Waals surface area contributed by atoms with E-state index in [-0.39, 0.29) is 23.8 Å². The molecule has 0 saturated carbocycles. The van der Waals surface area contributed by atoms with E-state index < -0.39 is 0 Å². The summed E-state index contributed by atoms with van der Waals surface area (Å²) in [6.07, 6.45) is 12.1. The SMILES string of the molecule is N#Cc1cnn2c(-c3cc(NC4CCOCC4)c(-c4nnc(N5CCN(CC6CCN(c7cncc([C@@H]8CCC(=O)NC8=O)c7)CC6)CC5)s4)cn3)ccc2c1. The number of aromatic nitrogens is 6. The molecule has 0 unspecified atom stereocenters. The minimum atomic E-state index is -0.320. The lowest BCUT2D eigenvalue weighted by molar-refractivity contribution is -0.134. The number of anilines is 3. The third-order valence-electron chi connectivity index (χ3n) is 11.5. The van der Waals surface area contributed by atoms with Gasteiger partial charge < -0.3 is 19.9 Å². The molecule has 4 aliphatic rings. The largest absolute Gasteiger partial charge is 0.381 e. The van der Waals surface area contributed by atoms with E-state index in [1.807, 2.05) is 35.1 Å². The molecule has 56 heavy (non-hydrogen) atoms. The van der Waals surface area contributed by atoms with Crippen LogP contribution < -0.4 is 20.4 Å². The standard InChI is InChI=1S/C40H44N12O3S/c41-20-27-17-30-1-3-36(52(30)44-21-27)35-19-34(45-29-7-15-55-16-8-29)33(24-43-35)39-47-48-40(56-39)51-13-11-49(12-14-51)25-26-5-9-50(10-6-26)31-18-28(22-42-23-31)32-2-4-37(53)46-38(32)54/h1,3,17-19,21-24,26,29,32H,2,4-16,25H2,(H,43,45)(H,46,53,54)/t32-/m0/s1. The van der Waals surface area contributed by atoms with Crippen LogP contribution in [0.3, 0.4) is 0 Å². The fraction of sp³-hybridized carbons (Fsp3) is 0.450. The summed E-state index contributed by atoms with van der Waals surface area (Å²) >= 11 is 1.61. The number of hydrogen-bond acceptors (Lipinski definition) is 14. The monoisotopic (exact) mass is 772 g/mol. The van der Waals surface area contributed by atoms with E-state index in [0.29, 0.717) is 24.3 Å². The van der Waals surface area contributed by atoms with Gasteiger partial charge in [0.1, 0.15) is 6.07 Å². The minimum absolute atomic E-state index is 0.198. The Morgan fingerprint density at radius 2 is 1.75 bits per heavy atom. The molecule has 15 nitrogen and oxygen atoms in total. The summed E-state index contributed by atoms with van der Waals surface area (Å²) in [5.41, 5.74) is 6.81. The molecule has 0 aromatic carbocycles. The van der Waals surface area contributed by atoms with Crippen LogP contribution in [0.25, 0.3) is 27.5 Å². The Morgan fingerprint density at radius 1 is 0.911 bits per heavy atom. The number of hydrogen-bond donors (Lipinski definition) is 2. The van der Waals surface area contributed by atoms with E-state index in [0.717, 1.165) is 134 Å². The van der Waals surface area contributed by atoms with E-state index in [1.165, 1.54) is 0 Å². The molecule has 2 amide bonds. The van der Waals surface area contributed by atoms with Crippen LogP contribution in [0.1, 0.15) is 55.6 Å². The third-order valence-corrected chi connectivity index (χ3v) is 12.6. The molecule has 4 fully saturated rings. The molecule has 0 radical (unpaired) electrons. The summed E-state index contributed by atoms with van der Waals surface area (Å²) in [5, 5.41) is 31.2. The summed E-state index contributed by atoms with van der Waals surface area (Å²) in [6, 6.07) is 12.4. The number of rotatable bonds is 9. The van der Waals surface area contributed by atoms with Crippen molar-refractivity contribution >= 4 is 45.2 Å². The van der Waals surface area contributed by atoms with E-state index in [1.54, 1.807) is 23.7 Å². The zero-order valence-electron chi connectivity index (χ0n) is 31.1. The Labute approximate surface area is 328 Å². The average molecular weight is 773 g/mol. The summed E-state index contributed by atoms with van der Waals surface area (Å²) in [5.74, 6) is -0.110. The molecule has 4 saturated heterocycles. The van der Waals surface area contributed by atoms with Crippen LogP contribution in [0.15, 0.2) is 55.1 Å². The zero-order valence-corrected chi connectivity index (χ0v) is 32.0. The van der Waals surface area contributed by atoms with Crippen molar-refractivity contribution in [2.24, 2.45) is 5.92 Å². The molecule has 5 aromatic heterocycles. The van der Waals surface area contributed by atoms with Gasteiger partial charge in [0.15, 0.2) is 5.01 Å². The van der Waals surface area contributed by atoms with Crippen LogP contribution in [0.5, 0.6) is 0 Å². The van der Waals surface area contributed by atoms with Crippen molar-refractivity contribution in [2.75, 3.05) is 74.1 Å². The maximum absolute atomic E-state index is 12.4. The van der Waals surface area contributed by atoms with Crippen molar-refractivity contribution in [1.29, 1.82) is 5.26 Å². The minimum Gasteiger partial charge on any atom is -0.381 e. The number of carbonyl (C=O) groups excluding carboxylic acids is 2. The van der Waals surface area contributed by atoms with Crippen molar-refractivity contribution in [1.82, 2.24) is 40.0 Å². The van der Waals surface area contributed by atoms with Crippen LogP contribution >= 0.6 is 11.3 Å². The number of fused-ring (bicyclic) bond motifs is 1. The molecule has 9 rings (SSSR count). The molecule has 5 aromatic rings. The maximum atomic E-state index is 12.4.